The van der Waals surface area contributed by atoms with Gasteiger partial charge in [0.1, 0.15) is 10.3 Å². The van der Waals surface area contributed by atoms with Crippen LogP contribution in [-0.2, 0) is 9.53 Å². The molecule has 1 aromatic carbocycles. The van der Waals surface area contributed by atoms with Crippen LogP contribution in [0.3, 0.4) is 0 Å². The van der Waals surface area contributed by atoms with Gasteiger partial charge in [-0.3, -0.25) is 4.79 Å². The number of hydrogen-bond acceptors (Lipinski definition) is 3. The molecule has 0 amide bonds. The molecule has 0 saturated heterocycles. The Morgan fingerprint density at radius 3 is 2.48 bits per heavy atom. The highest BCUT2D eigenvalue weighted by Crippen LogP contribution is 2.56. The standard InChI is InChI=1S/C18H22O2S/c1-17(2,3)20-16(19)18(12-13-9-10-14(18)11-13)21-15-7-5-4-6-8-15/h4-10,13-14H,11-12H2,1-3H3/t13-,14+,18+/m0/s1. The first-order valence-electron chi connectivity index (χ1n) is 7.55. The van der Waals surface area contributed by atoms with Gasteiger partial charge in [-0.2, -0.15) is 0 Å². The van der Waals surface area contributed by atoms with Gasteiger partial charge in [-0.15, -0.1) is 11.8 Å². The maximum absolute atomic E-state index is 12.9. The SMILES string of the molecule is CC(C)(C)OC(=O)[C@@]1(Sc2ccccc2)C[C@H]2C=C[C@@H]1C2. The quantitative estimate of drug-likeness (QED) is 0.609. The van der Waals surface area contributed by atoms with Gasteiger partial charge in [-0.05, 0) is 51.7 Å². The lowest BCUT2D eigenvalue weighted by Gasteiger charge is -2.35. The first-order valence-corrected chi connectivity index (χ1v) is 8.36. The summed E-state index contributed by atoms with van der Waals surface area (Å²) >= 11 is 1.68. The fourth-order valence-corrected chi connectivity index (χ4v) is 4.73. The van der Waals surface area contributed by atoms with Gasteiger partial charge < -0.3 is 4.74 Å². The molecule has 0 aliphatic heterocycles. The van der Waals surface area contributed by atoms with E-state index < -0.39 is 10.3 Å². The van der Waals surface area contributed by atoms with Crippen molar-refractivity contribution >= 4 is 17.7 Å². The van der Waals surface area contributed by atoms with Crippen LogP contribution in [-0.4, -0.2) is 16.3 Å². The number of fused-ring (bicyclic) bond motifs is 2. The molecular weight excluding hydrogens is 280 g/mol. The number of esters is 1. The molecule has 1 fully saturated rings. The monoisotopic (exact) mass is 302 g/mol. The maximum atomic E-state index is 12.9. The molecule has 21 heavy (non-hydrogen) atoms. The number of rotatable bonds is 3. The number of hydrogen-bond donors (Lipinski definition) is 0. The normalized spacial score (nSPS) is 30.6. The third-order valence-electron chi connectivity index (χ3n) is 4.12. The minimum Gasteiger partial charge on any atom is -0.459 e. The second-order valence-electron chi connectivity index (χ2n) is 7.00. The van der Waals surface area contributed by atoms with Crippen molar-refractivity contribution in [3.05, 3.63) is 42.5 Å². The van der Waals surface area contributed by atoms with E-state index in [9.17, 15) is 4.79 Å². The Kier molecular flexibility index (Phi) is 3.64. The second-order valence-corrected chi connectivity index (χ2v) is 8.40. The molecule has 2 bridgehead atoms. The first kappa shape index (κ1) is 14.7. The third-order valence-corrected chi connectivity index (χ3v) is 5.63. The highest BCUT2D eigenvalue weighted by atomic mass is 32.2. The molecule has 3 rings (SSSR count). The lowest BCUT2D eigenvalue weighted by Crippen LogP contribution is -2.44. The summed E-state index contributed by atoms with van der Waals surface area (Å²) in [6.07, 6.45) is 6.45. The van der Waals surface area contributed by atoms with E-state index in [0.717, 1.165) is 17.7 Å². The van der Waals surface area contributed by atoms with E-state index in [1.165, 1.54) is 0 Å². The van der Waals surface area contributed by atoms with Crippen molar-refractivity contribution in [2.24, 2.45) is 11.8 Å². The smallest absolute Gasteiger partial charge is 0.323 e. The van der Waals surface area contributed by atoms with Crippen LogP contribution in [0.4, 0.5) is 0 Å². The van der Waals surface area contributed by atoms with E-state index in [-0.39, 0.29) is 5.97 Å². The fourth-order valence-electron chi connectivity index (χ4n) is 3.27. The van der Waals surface area contributed by atoms with Crippen LogP contribution in [0.25, 0.3) is 0 Å². The minimum atomic E-state index is -0.450. The number of carbonyl (C=O) groups is 1. The van der Waals surface area contributed by atoms with Gasteiger partial charge in [0.2, 0.25) is 0 Å². The fraction of sp³-hybridized carbons (Fsp3) is 0.500. The van der Waals surface area contributed by atoms with Crippen molar-refractivity contribution in [2.75, 3.05) is 0 Å². The van der Waals surface area contributed by atoms with Gasteiger partial charge in [0.15, 0.2) is 0 Å². The lowest BCUT2D eigenvalue weighted by atomic mass is 9.92. The largest absolute Gasteiger partial charge is 0.459 e. The van der Waals surface area contributed by atoms with Crippen LogP contribution >= 0.6 is 11.8 Å². The molecule has 1 aromatic rings. The van der Waals surface area contributed by atoms with Gasteiger partial charge in [-0.1, -0.05) is 30.4 Å². The maximum Gasteiger partial charge on any atom is 0.323 e. The zero-order valence-electron chi connectivity index (χ0n) is 12.8. The van der Waals surface area contributed by atoms with Crippen molar-refractivity contribution in [1.82, 2.24) is 0 Å². The molecule has 3 atom stereocenters. The van der Waals surface area contributed by atoms with Crippen molar-refractivity contribution in [3.63, 3.8) is 0 Å². The summed E-state index contributed by atoms with van der Waals surface area (Å²) in [6.45, 7) is 5.82. The molecule has 2 aliphatic carbocycles. The molecule has 0 N–H and O–H groups in total. The Morgan fingerprint density at radius 1 is 1.24 bits per heavy atom. The molecule has 0 spiro atoms. The Labute approximate surface area is 131 Å². The van der Waals surface area contributed by atoms with Gasteiger partial charge in [0.05, 0.1) is 0 Å². The molecular formula is C18H22O2S. The van der Waals surface area contributed by atoms with E-state index in [4.69, 9.17) is 4.74 Å². The first-order chi connectivity index (χ1) is 9.89. The van der Waals surface area contributed by atoms with Gasteiger partial charge in [0, 0.05) is 10.8 Å². The third kappa shape index (κ3) is 2.89. The lowest BCUT2D eigenvalue weighted by molar-refractivity contribution is -0.158. The van der Waals surface area contributed by atoms with Crippen molar-refractivity contribution in [3.8, 4) is 0 Å². The van der Waals surface area contributed by atoms with Gasteiger partial charge >= 0.3 is 5.97 Å². The Morgan fingerprint density at radius 2 is 1.95 bits per heavy atom. The molecule has 112 valence electrons. The zero-order chi connectivity index (χ0) is 15.1. The average molecular weight is 302 g/mol. The summed E-state index contributed by atoms with van der Waals surface area (Å²) in [5.74, 6) is 0.766. The van der Waals surface area contributed by atoms with Gasteiger partial charge in [-0.25, -0.2) is 0 Å². The van der Waals surface area contributed by atoms with E-state index in [1.807, 2.05) is 39.0 Å². The highest BCUT2D eigenvalue weighted by Gasteiger charge is 2.56. The summed E-state index contributed by atoms with van der Waals surface area (Å²) in [5, 5.41) is 0. The number of thioether (sulfide) groups is 1. The van der Waals surface area contributed by atoms with Crippen LogP contribution in [0.2, 0.25) is 0 Å². The molecule has 0 aromatic heterocycles. The topological polar surface area (TPSA) is 26.3 Å². The van der Waals surface area contributed by atoms with Crippen molar-refractivity contribution < 1.29 is 9.53 Å². The predicted octanol–water partition coefficient (Wildman–Crippen LogP) is 4.46. The molecule has 0 unspecified atom stereocenters. The molecule has 0 heterocycles. The van der Waals surface area contributed by atoms with Crippen LogP contribution in [0.5, 0.6) is 0 Å². The zero-order valence-corrected chi connectivity index (χ0v) is 13.7. The van der Waals surface area contributed by atoms with Crippen LogP contribution in [0.15, 0.2) is 47.4 Å². The Balaban J connectivity index is 1.89. The summed E-state index contributed by atoms with van der Waals surface area (Å²) in [4.78, 5) is 14.0. The molecule has 2 aliphatic rings. The van der Waals surface area contributed by atoms with Crippen molar-refractivity contribution in [2.45, 2.75) is 48.9 Å². The highest BCUT2D eigenvalue weighted by molar-refractivity contribution is 8.01. The van der Waals surface area contributed by atoms with Gasteiger partial charge in [0.25, 0.3) is 0 Å². The second kappa shape index (κ2) is 5.20. The average Bonchev–Trinajstić information content (AvgIpc) is 2.99. The number of ether oxygens (including phenoxy) is 1. The Hall–Kier alpha value is -1.22. The van der Waals surface area contributed by atoms with Crippen molar-refractivity contribution in [1.29, 1.82) is 0 Å². The summed E-state index contributed by atoms with van der Waals surface area (Å²) in [6, 6.07) is 10.2. The molecule has 0 radical (unpaired) electrons. The summed E-state index contributed by atoms with van der Waals surface area (Å²) in [7, 11) is 0. The molecule has 2 nitrogen and oxygen atoms in total. The van der Waals surface area contributed by atoms with Crippen LogP contribution < -0.4 is 0 Å². The number of benzene rings is 1. The van der Waals surface area contributed by atoms with E-state index in [1.54, 1.807) is 11.8 Å². The Bertz CT molecular complexity index is 558. The summed E-state index contributed by atoms with van der Waals surface area (Å²) in [5.41, 5.74) is -0.438. The molecule has 3 heteroatoms. The molecule has 1 saturated carbocycles. The number of allylic oxidation sites excluding steroid dienone is 2. The number of carbonyl (C=O) groups excluding carboxylic acids is 1. The summed E-state index contributed by atoms with van der Waals surface area (Å²) < 4.78 is 5.31. The van der Waals surface area contributed by atoms with E-state index in [0.29, 0.717) is 11.8 Å². The van der Waals surface area contributed by atoms with Crippen LogP contribution in [0, 0.1) is 11.8 Å². The van der Waals surface area contributed by atoms with E-state index in [2.05, 4.69) is 24.3 Å². The minimum absolute atomic E-state index is 0.0549. The predicted molar refractivity (Wildman–Crippen MR) is 86.2 cm³/mol. The van der Waals surface area contributed by atoms with Crippen LogP contribution in [0.1, 0.15) is 33.6 Å². The van der Waals surface area contributed by atoms with E-state index >= 15 is 0 Å².